The zero-order chi connectivity index (χ0) is 24.7. The van der Waals surface area contributed by atoms with Gasteiger partial charge in [0.15, 0.2) is 6.61 Å². The van der Waals surface area contributed by atoms with Crippen molar-refractivity contribution in [3.63, 3.8) is 0 Å². The monoisotopic (exact) mass is 488 g/mol. The third-order valence-corrected chi connectivity index (χ3v) is 8.07. The number of methoxy groups -OCH3 is 1. The van der Waals surface area contributed by atoms with Gasteiger partial charge in [-0.15, -0.1) is 0 Å². The van der Waals surface area contributed by atoms with E-state index in [1.165, 1.54) is 34.5 Å². The number of nitrogens with zero attached hydrogens (tertiary/aromatic N) is 2. The smallest absolute Gasteiger partial charge is 0.342 e. The van der Waals surface area contributed by atoms with Crippen LogP contribution in [0.2, 0.25) is 0 Å². The predicted octanol–water partition coefficient (Wildman–Crippen LogP) is 3.64. The molecule has 0 bridgehead atoms. The van der Waals surface area contributed by atoms with E-state index < -0.39 is 22.6 Å². The molecule has 1 fully saturated rings. The molecule has 0 N–H and O–H groups in total. The molecule has 0 aliphatic carbocycles. The van der Waals surface area contributed by atoms with Crippen molar-refractivity contribution in [3.05, 3.63) is 59.7 Å². The van der Waals surface area contributed by atoms with E-state index in [0.717, 1.165) is 31.2 Å². The molecule has 1 amide bonds. The Balaban J connectivity index is 1.73. The zero-order valence-electron chi connectivity index (χ0n) is 19.9. The molecule has 0 saturated carbocycles. The first-order valence-electron chi connectivity index (χ1n) is 11.4. The van der Waals surface area contributed by atoms with Crippen LogP contribution >= 0.6 is 0 Å². The fourth-order valence-corrected chi connectivity index (χ4v) is 5.46. The van der Waals surface area contributed by atoms with Crippen molar-refractivity contribution in [2.24, 2.45) is 0 Å². The van der Waals surface area contributed by atoms with Gasteiger partial charge in [0.2, 0.25) is 10.0 Å². The SMILES string of the molecule is COc1ccc(S(=O)(=O)N2CCCCCC2)cc1C(=O)OCC(=O)N(C)C(C)c1ccccc1. The lowest BCUT2D eigenvalue weighted by Gasteiger charge is -2.25. The maximum Gasteiger partial charge on any atom is 0.342 e. The number of hydrogen-bond acceptors (Lipinski definition) is 6. The van der Waals surface area contributed by atoms with Crippen LogP contribution < -0.4 is 4.74 Å². The standard InChI is InChI=1S/C25H32N2O6S/c1-19(20-11-7-6-8-12-20)26(2)24(28)18-33-25(29)22-17-21(13-14-23(22)32-3)34(30,31)27-15-9-4-5-10-16-27/h6-8,11-14,17,19H,4-5,9-10,15-16,18H2,1-3H3. The molecule has 1 saturated heterocycles. The quantitative estimate of drug-likeness (QED) is 0.527. The van der Waals surface area contributed by atoms with Crippen LogP contribution in [0.15, 0.2) is 53.4 Å². The molecule has 1 unspecified atom stereocenters. The van der Waals surface area contributed by atoms with Crippen molar-refractivity contribution >= 4 is 21.9 Å². The highest BCUT2D eigenvalue weighted by molar-refractivity contribution is 7.89. The number of sulfonamides is 1. The summed E-state index contributed by atoms with van der Waals surface area (Å²) in [5, 5.41) is 0. The van der Waals surface area contributed by atoms with Crippen LogP contribution in [-0.2, 0) is 19.6 Å². The maximum atomic E-state index is 13.2. The number of esters is 1. The average molecular weight is 489 g/mol. The van der Waals surface area contributed by atoms with Crippen LogP contribution in [0.5, 0.6) is 5.75 Å². The lowest BCUT2D eigenvalue weighted by molar-refractivity contribution is -0.135. The number of rotatable bonds is 8. The van der Waals surface area contributed by atoms with Crippen LogP contribution in [-0.4, -0.2) is 63.4 Å². The van der Waals surface area contributed by atoms with Gasteiger partial charge in [0.05, 0.1) is 18.0 Å². The molecule has 0 radical (unpaired) electrons. The molecule has 1 aliphatic heterocycles. The topological polar surface area (TPSA) is 93.2 Å². The minimum atomic E-state index is -3.76. The number of benzene rings is 2. The summed E-state index contributed by atoms with van der Waals surface area (Å²) in [6, 6.07) is 13.4. The van der Waals surface area contributed by atoms with Crippen LogP contribution in [0.4, 0.5) is 0 Å². The van der Waals surface area contributed by atoms with Gasteiger partial charge in [-0.25, -0.2) is 13.2 Å². The molecule has 9 heteroatoms. The third-order valence-electron chi connectivity index (χ3n) is 6.18. The lowest BCUT2D eigenvalue weighted by atomic mass is 10.1. The summed E-state index contributed by atoms with van der Waals surface area (Å²) in [5.41, 5.74) is 0.919. The number of amides is 1. The molecule has 2 aromatic rings. The molecule has 34 heavy (non-hydrogen) atoms. The molecule has 2 aromatic carbocycles. The summed E-state index contributed by atoms with van der Waals surface area (Å²) in [6.07, 6.45) is 3.61. The highest BCUT2D eigenvalue weighted by Gasteiger charge is 2.28. The second-order valence-electron chi connectivity index (χ2n) is 8.35. The number of hydrogen-bond donors (Lipinski definition) is 0. The molecule has 3 rings (SSSR count). The number of ether oxygens (including phenoxy) is 2. The second kappa shape index (κ2) is 11.5. The van der Waals surface area contributed by atoms with Gasteiger partial charge in [0.25, 0.3) is 5.91 Å². The van der Waals surface area contributed by atoms with Gasteiger partial charge >= 0.3 is 5.97 Å². The summed E-state index contributed by atoms with van der Waals surface area (Å²) in [7, 11) is -0.732. The molecule has 1 atom stereocenters. The minimum Gasteiger partial charge on any atom is -0.496 e. The van der Waals surface area contributed by atoms with Gasteiger partial charge in [-0.2, -0.15) is 4.31 Å². The van der Waals surface area contributed by atoms with Crippen molar-refractivity contribution in [2.45, 2.75) is 43.5 Å². The summed E-state index contributed by atoms with van der Waals surface area (Å²) in [4.78, 5) is 27.0. The zero-order valence-corrected chi connectivity index (χ0v) is 20.7. The Morgan fingerprint density at radius 3 is 2.29 bits per heavy atom. The molecule has 0 spiro atoms. The Kier molecular flexibility index (Phi) is 8.68. The molecule has 184 valence electrons. The van der Waals surface area contributed by atoms with E-state index in [9.17, 15) is 18.0 Å². The fraction of sp³-hybridized carbons (Fsp3) is 0.440. The van der Waals surface area contributed by atoms with E-state index >= 15 is 0 Å². The van der Waals surface area contributed by atoms with Crippen LogP contribution in [0.25, 0.3) is 0 Å². The molecular formula is C25H32N2O6S. The van der Waals surface area contributed by atoms with E-state index in [1.807, 2.05) is 37.3 Å². The van der Waals surface area contributed by atoms with E-state index in [4.69, 9.17) is 9.47 Å². The van der Waals surface area contributed by atoms with Crippen molar-refractivity contribution in [1.82, 2.24) is 9.21 Å². The number of carbonyl (C=O) groups is 2. The Labute approximate surface area is 201 Å². The average Bonchev–Trinajstić information content (AvgIpc) is 3.16. The number of carbonyl (C=O) groups excluding carboxylic acids is 2. The Morgan fingerprint density at radius 1 is 1.03 bits per heavy atom. The first-order valence-corrected chi connectivity index (χ1v) is 12.9. The molecule has 8 nitrogen and oxygen atoms in total. The molecule has 1 aliphatic rings. The van der Waals surface area contributed by atoms with E-state index in [-0.39, 0.29) is 28.2 Å². The molecule has 0 aromatic heterocycles. The van der Waals surface area contributed by atoms with Crippen molar-refractivity contribution < 1.29 is 27.5 Å². The Morgan fingerprint density at radius 2 is 1.68 bits per heavy atom. The molecule has 1 heterocycles. The van der Waals surface area contributed by atoms with Gasteiger partial charge in [0, 0.05) is 20.1 Å². The van der Waals surface area contributed by atoms with Gasteiger partial charge in [-0.3, -0.25) is 4.79 Å². The summed E-state index contributed by atoms with van der Waals surface area (Å²) in [5.74, 6) is -1.02. The number of likely N-dealkylation sites (N-methyl/N-ethyl adjacent to an activating group) is 1. The van der Waals surface area contributed by atoms with Crippen molar-refractivity contribution in [3.8, 4) is 5.75 Å². The predicted molar refractivity (Wildman–Crippen MR) is 128 cm³/mol. The normalized spacial score (nSPS) is 15.7. The summed E-state index contributed by atoms with van der Waals surface area (Å²) >= 11 is 0. The fourth-order valence-electron chi connectivity index (χ4n) is 3.92. The molecular weight excluding hydrogens is 456 g/mol. The highest BCUT2D eigenvalue weighted by atomic mass is 32.2. The minimum absolute atomic E-state index is 0.00305. The largest absolute Gasteiger partial charge is 0.496 e. The van der Waals surface area contributed by atoms with Gasteiger partial charge in [-0.05, 0) is 43.5 Å². The Bertz CT molecular complexity index is 1100. The lowest BCUT2D eigenvalue weighted by Crippen LogP contribution is -2.33. The van der Waals surface area contributed by atoms with E-state index in [2.05, 4.69) is 0 Å². The third kappa shape index (κ3) is 5.95. The van der Waals surface area contributed by atoms with Crippen LogP contribution in [0.1, 0.15) is 54.6 Å². The van der Waals surface area contributed by atoms with Crippen LogP contribution in [0, 0.1) is 0 Å². The highest BCUT2D eigenvalue weighted by Crippen LogP contribution is 2.27. The summed E-state index contributed by atoms with van der Waals surface area (Å²) in [6.45, 7) is 2.32. The van der Waals surface area contributed by atoms with Gasteiger partial charge in [0.1, 0.15) is 11.3 Å². The summed E-state index contributed by atoms with van der Waals surface area (Å²) < 4.78 is 38.3. The van der Waals surface area contributed by atoms with Crippen LogP contribution in [0.3, 0.4) is 0 Å². The van der Waals surface area contributed by atoms with Gasteiger partial charge in [-0.1, -0.05) is 43.2 Å². The van der Waals surface area contributed by atoms with E-state index in [1.54, 1.807) is 7.05 Å². The Hall–Kier alpha value is -2.91. The first kappa shape index (κ1) is 25.7. The first-order chi connectivity index (χ1) is 16.3. The van der Waals surface area contributed by atoms with Crippen molar-refractivity contribution in [2.75, 3.05) is 33.9 Å². The van der Waals surface area contributed by atoms with E-state index in [0.29, 0.717) is 13.1 Å². The maximum absolute atomic E-state index is 13.2. The van der Waals surface area contributed by atoms with Crippen molar-refractivity contribution in [1.29, 1.82) is 0 Å². The second-order valence-corrected chi connectivity index (χ2v) is 10.3. The van der Waals surface area contributed by atoms with Gasteiger partial charge < -0.3 is 14.4 Å².